The fourth-order valence-electron chi connectivity index (χ4n) is 0.707. The van der Waals surface area contributed by atoms with Crippen LogP contribution in [0.3, 0.4) is 0 Å². The predicted molar refractivity (Wildman–Crippen MR) is 39.7 cm³/mol. The molecule has 0 bridgehead atoms. The van der Waals surface area contributed by atoms with E-state index in [1.807, 2.05) is 6.92 Å². The van der Waals surface area contributed by atoms with E-state index >= 15 is 0 Å². The minimum absolute atomic E-state index is 0.0409. The zero-order chi connectivity index (χ0) is 8.20. The maximum atomic E-state index is 10.4. The Morgan fingerprint density at radius 2 is 2.10 bits per heavy atom. The Kier molecular flexibility index (Phi) is 4.13. The van der Waals surface area contributed by atoms with Gasteiger partial charge in [-0.05, 0) is 12.5 Å². The standard InChI is InChI=1S/C5H14NO3P/c1-2-5(3-6)4-10(7,8)9/h5H,2-4,6H2,1H3,(H2,7,8,9). The van der Waals surface area contributed by atoms with E-state index in [9.17, 15) is 4.57 Å². The van der Waals surface area contributed by atoms with Crippen LogP contribution in [0, 0.1) is 5.92 Å². The van der Waals surface area contributed by atoms with Gasteiger partial charge in [0.25, 0.3) is 0 Å². The van der Waals surface area contributed by atoms with Gasteiger partial charge in [-0.25, -0.2) is 0 Å². The van der Waals surface area contributed by atoms with Crippen LogP contribution in [0.4, 0.5) is 0 Å². The zero-order valence-electron chi connectivity index (χ0n) is 6.03. The summed E-state index contributed by atoms with van der Waals surface area (Å²) in [7, 11) is -3.83. The van der Waals surface area contributed by atoms with E-state index in [-0.39, 0.29) is 12.1 Å². The highest BCUT2D eigenvalue weighted by Gasteiger charge is 2.18. The van der Waals surface area contributed by atoms with Crippen molar-refractivity contribution in [1.82, 2.24) is 0 Å². The summed E-state index contributed by atoms with van der Waals surface area (Å²) in [5, 5.41) is 0. The molecule has 0 aliphatic heterocycles. The van der Waals surface area contributed by atoms with E-state index in [2.05, 4.69) is 0 Å². The fraction of sp³-hybridized carbons (Fsp3) is 1.00. The fourth-order valence-corrected chi connectivity index (χ4v) is 1.79. The van der Waals surface area contributed by atoms with Crippen LogP contribution in [0.1, 0.15) is 13.3 Å². The largest absolute Gasteiger partial charge is 0.330 e. The Bertz CT molecular complexity index is 129. The van der Waals surface area contributed by atoms with Gasteiger partial charge in [0.05, 0.1) is 6.16 Å². The van der Waals surface area contributed by atoms with Gasteiger partial charge < -0.3 is 15.5 Å². The third-order valence-corrected chi connectivity index (χ3v) is 2.40. The summed E-state index contributed by atoms with van der Waals surface area (Å²) < 4.78 is 10.4. The molecule has 0 fully saturated rings. The Morgan fingerprint density at radius 1 is 1.60 bits per heavy atom. The molecule has 5 heteroatoms. The molecular weight excluding hydrogens is 153 g/mol. The van der Waals surface area contributed by atoms with Gasteiger partial charge in [0.2, 0.25) is 0 Å². The van der Waals surface area contributed by atoms with Gasteiger partial charge in [0.1, 0.15) is 0 Å². The first-order valence-electron chi connectivity index (χ1n) is 3.24. The van der Waals surface area contributed by atoms with Crippen molar-refractivity contribution in [3.63, 3.8) is 0 Å². The Hall–Kier alpha value is 0.110. The molecule has 1 unspecified atom stereocenters. The van der Waals surface area contributed by atoms with Gasteiger partial charge in [0.15, 0.2) is 0 Å². The molecule has 1 atom stereocenters. The molecule has 0 saturated carbocycles. The molecule has 0 rings (SSSR count). The molecule has 0 heterocycles. The molecule has 10 heavy (non-hydrogen) atoms. The van der Waals surface area contributed by atoms with E-state index in [0.29, 0.717) is 6.54 Å². The van der Waals surface area contributed by atoms with Crippen LogP contribution in [-0.4, -0.2) is 22.5 Å². The molecular formula is C5H14NO3P. The van der Waals surface area contributed by atoms with E-state index in [1.165, 1.54) is 0 Å². The minimum atomic E-state index is -3.83. The van der Waals surface area contributed by atoms with Gasteiger partial charge in [-0.3, -0.25) is 4.57 Å². The van der Waals surface area contributed by atoms with Gasteiger partial charge in [-0.2, -0.15) is 0 Å². The van der Waals surface area contributed by atoms with Crippen LogP contribution in [0.2, 0.25) is 0 Å². The molecule has 0 aromatic heterocycles. The maximum Gasteiger partial charge on any atom is 0.325 e. The van der Waals surface area contributed by atoms with Crippen molar-refractivity contribution in [2.75, 3.05) is 12.7 Å². The summed E-state index contributed by atoms with van der Waals surface area (Å²) in [6.07, 6.45) is 0.640. The topological polar surface area (TPSA) is 83.6 Å². The van der Waals surface area contributed by atoms with Crippen molar-refractivity contribution in [3.05, 3.63) is 0 Å². The Balaban J connectivity index is 3.75. The van der Waals surface area contributed by atoms with Crippen molar-refractivity contribution in [1.29, 1.82) is 0 Å². The summed E-state index contributed by atoms with van der Waals surface area (Å²) in [6, 6.07) is 0. The highest BCUT2D eigenvalue weighted by atomic mass is 31.2. The Labute approximate surface area is 60.6 Å². The zero-order valence-corrected chi connectivity index (χ0v) is 6.92. The molecule has 0 aliphatic rings. The second-order valence-corrected chi connectivity index (χ2v) is 4.05. The van der Waals surface area contributed by atoms with Crippen LogP contribution >= 0.6 is 7.60 Å². The van der Waals surface area contributed by atoms with E-state index < -0.39 is 7.60 Å². The van der Waals surface area contributed by atoms with Crippen molar-refractivity contribution in [2.24, 2.45) is 11.7 Å². The smallest absolute Gasteiger partial charge is 0.325 e. The molecule has 4 N–H and O–H groups in total. The third kappa shape index (κ3) is 4.94. The highest BCUT2D eigenvalue weighted by molar-refractivity contribution is 7.51. The molecule has 0 saturated heterocycles. The van der Waals surface area contributed by atoms with Gasteiger partial charge >= 0.3 is 7.60 Å². The molecule has 0 spiro atoms. The predicted octanol–water partition coefficient (Wildman–Crippen LogP) is 0.149. The molecule has 0 aliphatic carbocycles. The highest BCUT2D eigenvalue weighted by Crippen LogP contribution is 2.37. The maximum absolute atomic E-state index is 10.4. The van der Waals surface area contributed by atoms with Crippen LogP contribution in [-0.2, 0) is 4.57 Å². The number of hydrogen-bond donors (Lipinski definition) is 3. The van der Waals surface area contributed by atoms with Crippen LogP contribution in [0.5, 0.6) is 0 Å². The first-order valence-corrected chi connectivity index (χ1v) is 5.04. The summed E-state index contributed by atoms with van der Waals surface area (Å²) in [5.74, 6) is -0.0409. The second kappa shape index (κ2) is 4.09. The SMILES string of the molecule is CCC(CN)CP(=O)(O)O. The molecule has 4 nitrogen and oxygen atoms in total. The lowest BCUT2D eigenvalue weighted by atomic mass is 10.1. The summed E-state index contributed by atoms with van der Waals surface area (Å²) in [5.41, 5.74) is 5.25. The molecule has 62 valence electrons. The van der Waals surface area contributed by atoms with Crippen LogP contribution < -0.4 is 5.73 Å². The molecule has 0 aromatic rings. The second-order valence-electron chi connectivity index (χ2n) is 2.36. The van der Waals surface area contributed by atoms with Crippen molar-refractivity contribution >= 4 is 7.60 Å². The van der Waals surface area contributed by atoms with E-state index in [0.717, 1.165) is 6.42 Å². The number of hydrogen-bond acceptors (Lipinski definition) is 2. The third-order valence-electron chi connectivity index (χ3n) is 1.41. The lowest BCUT2D eigenvalue weighted by Gasteiger charge is -2.11. The average Bonchev–Trinajstić information content (AvgIpc) is 1.81. The van der Waals surface area contributed by atoms with Crippen LogP contribution in [0.15, 0.2) is 0 Å². The van der Waals surface area contributed by atoms with Crippen molar-refractivity contribution < 1.29 is 14.4 Å². The quantitative estimate of drug-likeness (QED) is 0.520. The first-order chi connectivity index (χ1) is 4.49. The first kappa shape index (κ1) is 10.1. The van der Waals surface area contributed by atoms with Crippen molar-refractivity contribution in [2.45, 2.75) is 13.3 Å². The van der Waals surface area contributed by atoms with Gasteiger partial charge in [-0.15, -0.1) is 0 Å². The summed E-state index contributed by atoms with van der Waals surface area (Å²) in [4.78, 5) is 17.0. The normalized spacial score (nSPS) is 15.2. The molecule has 0 aromatic carbocycles. The molecule has 0 amide bonds. The monoisotopic (exact) mass is 167 g/mol. The Morgan fingerprint density at radius 3 is 2.20 bits per heavy atom. The van der Waals surface area contributed by atoms with Crippen LogP contribution in [0.25, 0.3) is 0 Å². The number of nitrogens with two attached hydrogens (primary N) is 1. The van der Waals surface area contributed by atoms with Gasteiger partial charge in [0, 0.05) is 0 Å². The molecule has 0 radical (unpaired) electrons. The summed E-state index contributed by atoms with van der Waals surface area (Å²) in [6.45, 7) is 2.22. The number of rotatable bonds is 4. The van der Waals surface area contributed by atoms with Gasteiger partial charge in [-0.1, -0.05) is 13.3 Å². The lowest BCUT2D eigenvalue weighted by molar-refractivity contribution is 0.360. The average molecular weight is 167 g/mol. The summed E-state index contributed by atoms with van der Waals surface area (Å²) >= 11 is 0. The van der Waals surface area contributed by atoms with E-state index in [4.69, 9.17) is 15.5 Å². The van der Waals surface area contributed by atoms with E-state index in [1.54, 1.807) is 0 Å². The lowest BCUT2D eigenvalue weighted by Crippen LogP contribution is -2.17. The van der Waals surface area contributed by atoms with Crippen molar-refractivity contribution in [3.8, 4) is 0 Å². The minimum Gasteiger partial charge on any atom is -0.330 e.